The van der Waals surface area contributed by atoms with Crippen LogP contribution in [0, 0.1) is 6.92 Å². The highest BCUT2D eigenvalue weighted by atomic mass is 32.2. The molecule has 0 aliphatic rings. The minimum Gasteiger partial charge on any atom is -0.409 e. The summed E-state index contributed by atoms with van der Waals surface area (Å²) in [7, 11) is 0. The predicted molar refractivity (Wildman–Crippen MR) is 77.5 cm³/mol. The summed E-state index contributed by atoms with van der Waals surface area (Å²) in [5.74, 6) is 0.849. The van der Waals surface area contributed by atoms with E-state index in [1.165, 1.54) is 10.5 Å². The Balaban J connectivity index is 2.10. The maximum Gasteiger partial charge on any atom is 0.188 e. The van der Waals surface area contributed by atoms with Gasteiger partial charge >= 0.3 is 0 Å². The third kappa shape index (κ3) is 3.48. The van der Waals surface area contributed by atoms with E-state index in [0.717, 1.165) is 11.3 Å². The second kappa shape index (κ2) is 6.24. The number of oxime groups is 1. The van der Waals surface area contributed by atoms with Gasteiger partial charge in [-0.05, 0) is 36.2 Å². The van der Waals surface area contributed by atoms with Crippen LogP contribution in [0.2, 0.25) is 0 Å². The first-order valence-corrected chi connectivity index (χ1v) is 6.80. The standard InChI is InChI=1S/C14H15N3OS/c1-10-4-2-3-5-13(10)19-9-11-6-7-16-12(8-11)14(15)17-18/h2-8,18H,9H2,1H3,(H2,15,17). The van der Waals surface area contributed by atoms with E-state index in [2.05, 4.69) is 29.2 Å². The van der Waals surface area contributed by atoms with Crippen LogP contribution in [-0.4, -0.2) is 16.0 Å². The van der Waals surface area contributed by atoms with E-state index in [9.17, 15) is 0 Å². The quantitative estimate of drug-likeness (QED) is 0.295. The van der Waals surface area contributed by atoms with Gasteiger partial charge in [0.15, 0.2) is 5.84 Å². The Morgan fingerprint density at radius 3 is 2.89 bits per heavy atom. The molecule has 2 aromatic rings. The van der Waals surface area contributed by atoms with Crippen molar-refractivity contribution in [1.82, 2.24) is 4.98 Å². The Bertz CT molecular complexity index is 599. The van der Waals surface area contributed by atoms with Crippen molar-refractivity contribution < 1.29 is 5.21 Å². The predicted octanol–water partition coefficient (Wildman–Crippen LogP) is 2.78. The number of aryl methyl sites for hydroxylation is 1. The van der Waals surface area contributed by atoms with E-state index in [4.69, 9.17) is 10.9 Å². The van der Waals surface area contributed by atoms with Crippen molar-refractivity contribution in [3.63, 3.8) is 0 Å². The molecule has 3 N–H and O–H groups in total. The topological polar surface area (TPSA) is 71.5 Å². The molecule has 0 saturated heterocycles. The molecule has 4 nitrogen and oxygen atoms in total. The number of nitrogens with two attached hydrogens (primary N) is 1. The van der Waals surface area contributed by atoms with Gasteiger partial charge in [0.05, 0.1) is 0 Å². The minimum atomic E-state index is 0.0303. The normalized spacial score (nSPS) is 11.5. The lowest BCUT2D eigenvalue weighted by atomic mass is 10.2. The summed E-state index contributed by atoms with van der Waals surface area (Å²) < 4.78 is 0. The number of hydrogen-bond acceptors (Lipinski definition) is 4. The van der Waals surface area contributed by atoms with Crippen molar-refractivity contribution in [1.29, 1.82) is 0 Å². The molecule has 98 valence electrons. The number of pyridine rings is 1. The van der Waals surface area contributed by atoms with Gasteiger partial charge in [-0.25, -0.2) is 0 Å². The highest BCUT2D eigenvalue weighted by molar-refractivity contribution is 7.98. The fourth-order valence-corrected chi connectivity index (χ4v) is 2.61. The Hall–Kier alpha value is -2.01. The molecule has 0 radical (unpaired) electrons. The maximum atomic E-state index is 8.64. The molecule has 0 bridgehead atoms. The van der Waals surface area contributed by atoms with Crippen molar-refractivity contribution in [2.24, 2.45) is 10.9 Å². The SMILES string of the molecule is Cc1ccccc1SCc1ccnc(C(N)=NO)c1. The van der Waals surface area contributed by atoms with Gasteiger partial charge in [0, 0.05) is 16.8 Å². The Labute approximate surface area is 116 Å². The van der Waals surface area contributed by atoms with Gasteiger partial charge in [-0.15, -0.1) is 11.8 Å². The molecule has 1 aromatic carbocycles. The highest BCUT2D eigenvalue weighted by Crippen LogP contribution is 2.25. The number of hydrogen-bond donors (Lipinski definition) is 2. The number of rotatable bonds is 4. The van der Waals surface area contributed by atoms with Gasteiger partial charge in [-0.1, -0.05) is 23.4 Å². The Morgan fingerprint density at radius 1 is 1.37 bits per heavy atom. The first-order chi connectivity index (χ1) is 9.20. The number of nitrogens with zero attached hydrogens (tertiary/aromatic N) is 2. The fourth-order valence-electron chi connectivity index (χ4n) is 1.63. The van der Waals surface area contributed by atoms with Crippen LogP contribution in [0.1, 0.15) is 16.8 Å². The highest BCUT2D eigenvalue weighted by Gasteiger charge is 2.04. The van der Waals surface area contributed by atoms with Crippen LogP contribution in [0.15, 0.2) is 52.6 Å². The molecule has 1 aromatic heterocycles. The van der Waals surface area contributed by atoms with Crippen LogP contribution in [0.3, 0.4) is 0 Å². The largest absolute Gasteiger partial charge is 0.409 e. The Kier molecular flexibility index (Phi) is 4.41. The number of aromatic nitrogens is 1. The number of benzene rings is 1. The van der Waals surface area contributed by atoms with Crippen LogP contribution in [-0.2, 0) is 5.75 Å². The lowest BCUT2D eigenvalue weighted by Gasteiger charge is -2.06. The van der Waals surface area contributed by atoms with Gasteiger partial charge in [0.1, 0.15) is 5.69 Å². The van der Waals surface area contributed by atoms with Gasteiger partial charge in [-0.3, -0.25) is 4.98 Å². The van der Waals surface area contributed by atoms with E-state index in [0.29, 0.717) is 5.69 Å². The molecule has 0 fully saturated rings. The number of amidine groups is 1. The summed E-state index contributed by atoms with van der Waals surface area (Å²) in [6, 6.07) is 12.0. The first kappa shape index (κ1) is 13.4. The third-order valence-electron chi connectivity index (χ3n) is 2.68. The van der Waals surface area contributed by atoms with Crippen LogP contribution in [0.5, 0.6) is 0 Å². The summed E-state index contributed by atoms with van der Waals surface area (Å²) in [6.07, 6.45) is 1.67. The van der Waals surface area contributed by atoms with Gasteiger partial charge in [-0.2, -0.15) is 0 Å². The average Bonchev–Trinajstić information content (AvgIpc) is 2.46. The van der Waals surface area contributed by atoms with Crippen molar-refractivity contribution in [2.45, 2.75) is 17.6 Å². The maximum absolute atomic E-state index is 8.64. The molecule has 0 atom stereocenters. The van der Waals surface area contributed by atoms with E-state index < -0.39 is 0 Å². The zero-order valence-corrected chi connectivity index (χ0v) is 11.4. The molecule has 0 aliphatic carbocycles. The Morgan fingerprint density at radius 2 is 2.16 bits per heavy atom. The molecular weight excluding hydrogens is 258 g/mol. The smallest absolute Gasteiger partial charge is 0.188 e. The van der Waals surface area contributed by atoms with E-state index in [1.54, 1.807) is 18.0 Å². The lowest BCUT2D eigenvalue weighted by Crippen LogP contribution is -2.15. The molecule has 0 saturated carbocycles. The van der Waals surface area contributed by atoms with Crippen LogP contribution in [0.4, 0.5) is 0 Å². The molecule has 19 heavy (non-hydrogen) atoms. The monoisotopic (exact) mass is 273 g/mol. The van der Waals surface area contributed by atoms with Crippen LogP contribution < -0.4 is 5.73 Å². The molecule has 2 rings (SSSR count). The average molecular weight is 273 g/mol. The third-order valence-corrected chi connectivity index (χ3v) is 3.93. The molecule has 0 aliphatic heterocycles. The zero-order chi connectivity index (χ0) is 13.7. The molecule has 5 heteroatoms. The molecule has 1 heterocycles. The molecular formula is C14H15N3OS. The minimum absolute atomic E-state index is 0.0303. The fraction of sp³-hybridized carbons (Fsp3) is 0.143. The van der Waals surface area contributed by atoms with Crippen LogP contribution >= 0.6 is 11.8 Å². The van der Waals surface area contributed by atoms with Crippen molar-refractivity contribution >= 4 is 17.6 Å². The molecule has 0 amide bonds. The van der Waals surface area contributed by atoms with Crippen molar-refractivity contribution in [3.05, 3.63) is 59.4 Å². The summed E-state index contributed by atoms with van der Waals surface area (Å²) in [4.78, 5) is 5.31. The summed E-state index contributed by atoms with van der Waals surface area (Å²) in [6.45, 7) is 2.09. The second-order valence-electron chi connectivity index (χ2n) is 4.09. The lowest BCUT2D eigenvalue weighted by molar-refractivity contribution is 0.318. The van der Waals surface area contributed by atoms with Crippen LogP contribution in [0.25, 0.3) is 0 Å². The summed E-state index contributed by atoms with van der Waals surface area (Å²) >= 11 is 1.76. The van der Waals surface area contributed by atoms with Gasteiger partial charge in [0.2, 0.25) is 0 Å². The van der Waals surface area contributed by atoms with Gasteiger partial charge < -0.3 is 10.9 Å². The van der Waals surface area contributed by atoms with Crippen molar-refractivity contribution in [3.8, 4) is 0 Å². The van der Waals surface area contributed by atoms with Gasteiger partial charge in [0.25, 0.3) is 0 Å². The number of thioether (sulfide) groups is 1. The second-order valence-corrected chi connectivity index (χ2v) is 5.11. The summed E-state index contributed by atoms with van der Waals surface area (Å²) in [5.41, 5.74) is 8.37. The zero-order valence-electron chi connectivity index (χ0n) is 10.6. The van der Waals surface area contributed by atoms with E-state index in [1.807, 2.05) is 24.3 Å². The molecule has 0 spiro atoms. The first-order valence-electron chi connectivity index (χ1n) is 5.82. The molecule has 0 unspecified atom stereocenters. The summed E-state index contributed by atoms with van der Waals surface area (Å²) in [5, 5.41) is 11.6. The van der Waals surface area contributed by atoms with E-state index in [-0.39, 0.29) is 5.84 Å². The van der Waals surface area contributed by atoms with Crippen molar-refractivity contribution in [2.75, 3.05) is 0 Å². The van der Waals surface area contributed by atoms with E-state index >= 15 is 0 Å².